The van der Waals surface area contributed by atoms with E-state index in [0.717, 1.165) is 30.7 Å². The lowest BCUT2D eigenvalue weighted by molar-refractivity contribution is -0.0863. The largest absolute Gasteiger partial charge is 0.389 e. The molecule has 110 valence electrons. The van der Waals surface area contributed by atoms with Crippen LogP contribution < -0.4 is 5.32 Å². The van der Waals surface area contributed by atoms with Gasteiger partial charge in [-0.15, -0.1) is 10.2 Å². The van der Waals surface area contributed by atoms with E-state index in [1.807, 2.05) is 6.92 Å². The first-order chi connectivity index (χ1) is 9.57. The lowest BCUT2D eigenvalue weighted by Gasteiger charge is -2.47. The third-order valence-corrected chi connectivity index (χ3v) is 5.21. The van der Waals surface area contributed by atoms with Crippen LogP contribution >= 0.6 is 11.3 Å². The number of rotatable bonds is 1. The predicted molar refractivity (Wildman–Crippen MR) is 76.8 cm³/mol. The number of amides is 2. The lowest BCUT2D eigenvalue weighted by atomic mass is 9.71. The fourth-order valence-corrected chi connectivity index (χ4v) is 3.85. The summed E-state index contributed by atoms with van der Waals surface area (Å²) >= 11 is 1.37. The Labute approximate surface area is 122 Å². The summed E-state index contributed by atoms with van der Waals surface area (Å²) in [4.78, 5) is 14.0. The van der Waals surface area contributed by atoms with Gasteiger partial charge in [0.15, 0.2) is 0 Å². The number of urea groups is 1. The van der Waals surface area contributed by atoms with Gasteiger partial charge in [0.25, 0.3) is 0 Å². The first kappa shape index (κ1) is 13.8. The highest BCUT2D eigenvalue weighted by Gasteiger charge is 2.43. The maximum absolute atomic E-state index is 12.2. The summed E-state index contributed by atoms with van der Waals surface area (Å²) in [5.74, 6) is 0.215. The van der Waals surface area contributed by atoms with Crippen LogP contribution in [0.4, 0.5) is 9.93 Å². The van der Waals surface area contributed by atoms with Crippen molar-refractivity contribution in [2.75, 3.05) is 18.4 Å². The molecule has 1 aliphatic carbocycles. The predicted octanol–water partition coefficient (Wildman–Crippen LogP) is 2.01. The van der Waals surface area contributed by atoms with E-state index in [2.05, 4.69) is 15.5 Å². The van der Waals surface area contributed by atoms with Crippen LogP contribution in [0.1, 0.15) is 37.1 Å². The normalized spacial score (nSPS) is 29.9. The quantitative estimate of drug-likeness (QED) is 0.831. The minimum Gasteiger partial charge on any atom is -0.389 e. The fourth-order valence-electron chi connectivity index (χ4n) is 3.27. The van der Waals surface area contributed by atoms with Gasteiger partial charge in [-0.05, 0) is 26.2 Å². The summed E-state index contributed by atoms with van der Waals surface area (Å²) < 4.78 is 0. The first-order valence-corrected chi connectivity index (χ1v) is 7.97. The summed E-state index contributed by atoms with van der Waals surface area (Å²) in [5.41, 5.74) is -0.547. The summed E-state index contributed by atoms with van der Waals surface area (Å²) in [6, 6.07) is -0.131. The van der Waals surface area contributed by atoms with Crippen molar-refractivity contribution in [2.45, 2.75) is 44.6 Å². The van der Waals surface area contributed by atoms with Crippen LogP contribution in [0.2, 0.25) is 0 Å². The molecule has 0 radical (unpaired) electrons. The Hall–Kier alpha value is -1.21. The second-order valence-corrected chi connectivity index (χ2v) is 6.98. The number of fused-ring (bicyclic) bond motifs is 1. The van der Waals surface area contributed by atoms with E-state index in [-0.39, 0.29) is 11.9 Å². The fraction of sp³-hybridized carbons (Fsp3) is 0.769. The van der Waals surface area contributed by atoms with Gasteiger partial charge in [0.2, 0.25) is 5.13 Å². The molecule has 2 atom stereocenters. The minimum absolute atomic E-state index is 0.131. The SMILES string of the molecule is Cc1nnc(NC(=O)N2CC[C@@]3(O)CCCC[C@H]3C2)s1. The van der Waals surface area contributed by atoms with Crippen molar-refractivity contribution in [3.63, 3.8) is 0 Å². The molecule has 1 saturated carbocycles. The topological polar surface area (TPSA) is 78.4 Å². The van der Waals surface area contributed by atoms with Crippen molar-refractivity contribution in [3.05, 3.63) is 5.01 Å². The molecule has 1 aromatic rings. The molecule has 1 aromatic heterocycles. The van der Waals surface area contributed by atoms with Crippen LogP contribution in [0, 0.1) is 12.8 Å². The monoisotopic (exact) mass is 296 g/mol. The van der Waals surface area contributed by atoms with Gasteiger partial charge in [-0.25, -0.2) is 4.79 Å². The summed E-state index contributed by atoms with van der Waals surface area (Å²) in [6.45, 7) is 3.10. The van der Waals surface area contributed by atoms with Crippen LogP contribution in [0.3, 0.4) is 0 Å². The number of aliphatic hydroxyl groups is 1. The molecular weight excluding hydrogens is 276 g/mol. The van der Waals surface area contributed by atoms with E-state index >= 15 is 0 Å². The standard InChI is InChI=1S/C13H20N4O2S/c1-9-15-16-11(20-9)14-12(18)17-7-6-13(19)5-3-2-4-10(13)8-17/h10,19H,2-8H2,1H3,(H,14,16,18)/t10-,13-/m0/s1. The van der Waals surface area contributed by atoms with E-state index in [9.17, 15) is 9.90 Å². The molecule has 2 aliphatic rings. The minimum atomic E-state index is -0.547. The van der Waals surface area contributed by atoms with Gasteiger partial charge >= 0.3 is 6.03 Å². The number of nitrogens with one attached hydrogen (secondary N) is 1. The zero-order chi connectivity index (χ0) is 14.2. The molecule has 1 aliphatic heterocycles. The van der Waals surface area contributed by atoms with E-state index < -0.39 is 5.60 Å². The molecule has 2 heterocycles. The number of anilines is 1. The van der Waals surface area contributed by atoms with Crippen LogP contribution in [-0.2, 0) is 0 Å². The van der Waals surface area contributed by atoms with Gasteiger partial charge in [0.05, 0.1) is 5.60 Å². The number of carbonyl (C=O) groups is 1. The lowest BCUT2D eigenvalue weighted by Crippen LogP contribution is -2.55. The average molecular weight is 296 g/mol. The Bertz CT molecular complexity index is 506. The molecular formula is C13H20N4O2S. The van der Waals surface area contributed by atoms with Crippen molar-refractivity contribution in [1.82, 2.24) is 15.1 Å². The van der Waals surface area contributed by atoms with E-state index in [4.69, 9.17) is 0 Å². The number of likely N-dealkylation sites (tertiary alicyclic amines) is 1. The van der Waals surface area contributed by atoms with Crippen LogP contribution in [0.25, 0.3) is 0 Å². The van der Waals surface area contributed by atoms with E-state index in [1.165, 1.54) is 11.3 Å². The number of hydrogen-bond acceptors (Lipinski definition) is 5. The Morgan fingerprint density at radius 1 is 1.45 bits per heavy atom. The number of aryl methyl sites for hydroxylation is 1. The van der Waals surface area contributed by atoms with Crippen molar-refractivity contribution < 1.29 is 9.90 Å². The highest BCUT2D eigenvalue weighted by Crippen LogP contribution is 2.39. The number of piperidine rings is 1. The van der Waals surface area contributed by atoms with Gasteiger partial charge in [-0.1, -0.05) is 24.2 Å². The molecule has 0 spiro atoms. The highest BCUT2D eigenvalue weighted by molar-refractivity contribution is 7.15. The molecule has 2 amide bonds. The van der Waals surface area contributed by atoms with Crippen LogP contribution in [-0.4, -0.2) is 44.9 Å². The average Bonchev–Trinajstić information content (AvgIpc) is 2.83. The number of carbonyl (C=O) groups excluding carboxylic acids is 1. The summed E-state index contributed by atoms with van der Waals surface area (Å²) in [6.07, 6.45) is 4.82. The molecule has 0 bridgehead atoms. The van der Waals surface area contributed by atoms with Gasteiger partial charge in [-0.3, -0.25) is 5.32 Å². The third-order valence-electron chi connectivity index (χ3n) is 4.45. The Morgan fingerprint density at radius 2 is 2.30 bits per heavy atom. The van der Waals surface area contributed by atoms with Gasteiger partial charge in [-0.2, -0.15) is 0 Å². The first-order valence-electron chi connectivity index (χ1n) is 7.15. The molecule has 2 N–H and O–H groups in total. The zero-order valence-electron chi connectivity index (χ0n) is 11.6. The second-order valence-electron chi connectivity index (χ2n) is 5.80. The van der Waals surface area contributed by atoms with Gasteiger partial charge in [0, 0.05) is 19.0 Å². The molecule has 1 saturated heterocycles. The van der Waals surface area contributed by atoms with Gasteiger partial charge in [0.1, 0.15) is 5.01 Å². The van der Waals surface area contributed by atoms with Crippen molar-refractivity contribution in [2.24, 2.45) is 5.92 Å². The number of hydrogen-bond donors (Lipinski definition) is 2. The van der Waals surface area contributed by atoms with Gasteiger partial charge < -0.3 is 10.0 Å². The van der Waals surface area contributed by atoms with Crippen molar-refractivity contribution >= 4 is 22.5 Å². The second kappa shape index (κ2) is 5.29. The molecule has 3 rings (SSSR count). The Morgan fingerprint density at radius 3 is 3.05 bits per heavy atom. The third kappa shape index (κ3) is 2.64. The summed E-state index contributed by atoms with van der Waals surface area (Å²) in [7, 11) is 0. The molecule has 2 fully saturated rings. The Balaban J connectivity index is 1.62. The molecule has 0 unspecified atom stereocenters. The Kier molecular flexibility index (Phi) is 3.64. The number of aromatic nitrogens is 2. The molecule has 6 nitrogen and oxygen atoms in total. The highest BCUT2D eigenvalue weighted by atomic mass is 32.1. The van der Waals surface area contributed by atoms with Crippen LogP contribution in [0.5, 0.6) is 0 Å². The van der Waals surface area contributed by atoms with E-state index in [0.29, 0.717) is 24.6 Å². The number of nitrogens with zero attached hydrogens (tertiary/aromatic N) is 3. The maximum Gasteiger partial charge on any atom is 0.323 e. The molecule has 20 heavy (non-hydrogen) atoms. The zero-order valence-corrected chi connectivity index (χ0v) is 12.4. The van der Waals surface area contributed by atoms with Crippen molar-refractivity contribution in [3.8, 4) is 0 Å². The van der Waals surface area contributed by atoms with E-state index in [1.54, 1.807) is 4.90 Å². The smallest absolute Gasteiger partial charge is 0.323 e. The van der Waals surface area contributed by atoms with Crippen molar-refractivity contribution in [1.29, 1.82) is 0 Å². The molecule has 0 aromatic carbocycles. The molecule has 7 heteroatoms. The summed E-state index contributed by atoms with van der Waals surface area (Å²) in [5, 5.41) is 22.6. The maximum atomic E-state index is 12.2. The van der Waals surface area contributed by atoms with Crippen LogP contribution in [0.15, 0.2) is 0 Å².